The highest BCUT2D eigenvalue weighted by atomic mass is 32.2. The number of sulfonamides is 1. The van der Waals surface area contributed by atoms with E-state index in [-0.39, 0.29) is 29.4 Å². The molecule has 0 radical (unpaired) electrons. The molecule has 0 aromatic heterocycles. The summed E-state index contributed by atoms with van der Waals surface area (Å²) in [4.78, 5) is 12.6. The van der Waals surface area contributed by atoms with E-state index in [4.69, 9.17) is 4.74 Å². The fourth-order valence-corrected chi connectivity index (χ4v) is 4.56. The van der Waals surface area contributed by atoms with Crippen LogP contribution in [0.4, 0.5) is 0 Å². The van der Waals surface area contributed by atoms with E-state index in [2.05, 4.69) is 36.0 Å². The second kappa shape index (κ2) is 10.3. The van der Waals surface area contributed by atoms with E-state index in [1.807, 2.05) is 27.7 Å². The molecule has 0 heterocycles. The number of ether oxygens (including phenoxy) is 1. The molecule has 2 N–H and O–H groups in total. The molecule has 6 nitrogen and oxygen atoms in total. The lowest BCUT2D eigenvalue weighted by molar-refractivity contribution is -0.123. The fourth-order valence-electron chi connectivity index (χ4n) is 3.26. The summed E-state index contributed by atoms with van der Waals surface area (Å²) in [7, 11) is -3.57. The number of benzene rings is 2. The minimum Gasteiger partial charge on any atom is -0.484 e. The molecular weight excluding hydrogens is 412 g/mol. The van der Waals surface area contributed by atoms with Crippen LogP contribution in [0.15, 0.2) is 35.2 Å². The van der Waals surface area contributed by atoms with E-state index in [0.29, 0.717) is 17.9 Å². The van der Waals surface area contributed by atoms with Gasteiger partial charge in [0.2, 0.25) is 10.0 Å². The van der Waals surface area contributed by atoms with Crippen LogP contribution in [0.1, 0.15) is 54.6 Å². The Balaban J connectivity index is 2.00. The molecule has 0 saturated carbocycles. The molecule has 7 heteroatoms. The average molecular weight is 447 g/mol. The molecule has 0 spiro atoms. The van der Waals surface area contributed by atoms with Crippen LogP contribution in [-0.4, -0.2) is 27.5 Å². The summed E-state index contributed by atoms with van der Waals surface area (Å²) >= 11 is 0. The highest BCUT2D eigenvalue weighted by molar-refractivity contribution is 7.89. The van der Waals surface area contributed by atoms with Gasteiger partial charge in [-0.05, 0) is 86.6 Å². The number of amides is 1. The Morgan fingerprint density at radius 2 is 1.58 bits per heavy atom. The molecule has 1 atom stereocenters. The van der Waals surface area contributed by atoms with Crippen LogP contribution in [0.5, 0.6) is 5.75 Å². The molecule has 0 fully saturated rings. The van der Waals surface area contributed by atoms with Crippen LogP contribution >= 0.6 is 0 Å². The molecule has 2 aromatic carbocycles. The first kappa shape index (κ1) is 24.9. The van der Waals surface area contributed by atoms with Gasteiger partial charge in [-0.15, -0.1) is 0 Å². The van der Waals surface area contributed by atoms with Gasteiger partial charge in [0, 0.05) is 6.54 Å². The number of aryl methyl sites for hydroxylation is 4. The third-order valence-electron chi connectivity index (χ3n) is 5.22. The van der Waals surface area contributed by atoms with Gasteiger partial charge in [-0.1, -0.05) is 26.0 Å². The minimum atomic E-state index is -3.57. The van der Waals surface area contributed by atoms with E-state index in [0.717, 1.165) is 11.1 Å². The van der Waals surface area contributed by atoms with Gasteiger partial charge in [-0.25, -0.2) is 13.1 Å². The topological polar surface area (TPSA) is 84.5 Å². The maximum atomic E-state index is 12.4. The van der Waals surface area contributed by atoms with E-state index in [1.54, 1.807) is 19.1 Å². The second-order valence-corrected chi connectivity index (χ2v) is 10.3. The van der Waals surface area contributed by atoms with Gasteiger partial charge < -0.3 is 10.1 Å². The van der Waals surface area contributed by atoms with E-state index in [9.17, 15) is 13.2 Å². The molecule has 31 heavy (non-hydrogen) atoms. The zero-order chi connectivity index (χ0) is 23.3. The molecule has 0 saturated heterocycles. The summed E-state index contributed by atoms with van der Waals surface area (Å²) in [6.07, 6.45) is 0. The molecule has 0 bridgehead atoms. The lowest BCUT2D eigenvalue weighted by Gasteiger charge is -2.19. The van der Waals surface area contributed by atoms with E-state index < -0.39 is 10.0 Å². The molecule has 0 aliphatic rings. The first-order valence-corrected chi connectivity index (χ1v) is 12.0. The molecule has 1 amide bonds. The molecule has 170 valence electrons. The molecule has 0 unspecified atom stereocenters. The number of hydrogen-bond acceptors (Lipinski definition) is 4. The van der Waals surface area contributed by atoms with Crippen molar-refractivity contribution in [2.75, 3.05) is 13.2 Å². The lowest BCUT2D eigenvalue weighted by Crippen LogP contribution is -2.31. The van der Waals surface area contributed by atoms with E-state index >= 15 is 0 Å². The zero-order valence-corrected chi connectivity index (χ0v) is 20.3. The quantitative estimate of drug-likeness (QED) is 0.607. The molecule has 2 rings (SSSR count). The van der Waals surface area contributed by atoms with Crippen molar-refractivity contribution in [3.63, 3.8) is 0 Å². The Bertz CT molecular complexity index is 1050. The highest BCUT2D eigenvalue weighted by Gasteiger charge is 2.17. The largest absolute Gasteiger partial charge is 0.484 e. The molecular formula is C24H34N2O4S. The van der Waals surface area contributed by atoms with Gasteiger partial charge in [0.15, 0.2) is 6.61 Å². The van der Waals surface area contributed by atoms with Crippen molar-refractivity contribution < 1.29 is 17.9 Å². The summed E-state index contributed by atoms with van der Waals surface area (Å²) < 4.78 is 33.0. The van der Waals surface area contributed by atoms with Crippen molar-refractivity contribution in [3.05, 3.63) is 58.1 Å². The third-order valence-corrected chi connectivity index (χ3v) is 6.64. The van der Waals surface area contributed by atoms with Gasteiger partial charge in [0.1, 0.15) is 5.75 Å². The van der Waals surface area contributed by atoms with Crippen LogP contribution in [0.2, 0.25) is 0 Å². The van der Waals surface area contributed by atoms with Gasteiger partial charge in [-0.2, -0.15) is 0 Å². The second-order valence-electron chi connectivity index (χ2n) is 8.54. The van der Waals surface area contributed by atoms with Crippen molar-refractivity contribution in [2.24, 2.45) is 5.92 Å². The fraction of sp³-hybridized carbons (Fsp3) is 0.458. The SMILES string of the molecule is Cc1cc(C)c([C@@H](C)NC(=O)COc2ccc(S(=O)(=O)NCC(C)C)cc2C)cc1C. The Hall–Kier alpha value is -2.38. The van der Waals surface area contributed by atoms with Crippen molar-refractivity contribution in [3.8, 4) is 5.75 Å². The molecule has 2 aromatic rings. The normalized spacial score (nSPS) is 12.6. The maximum Gasteiger partial charge on any atom is 0.258 e. The smallest absolute Gasteiger partial charge is 0.258 e. The highest BCUT2D eigenvalue weighted by Crippen LogP contribution is 2.23. The van der Waals surface area contributed by atoms with Crippen LogP contribution in [0.25, 0.3) is 0 Å². The first-order valence-electron chi connectivity index (χ1n) is 10.5. The number of carbonyl (C=O) groups excluding carboxylic acids is 1. The maximum absolute atomic E-state index is 12.4. The Kier molecular flexibility index (Phi) is 8.26. The van der Waals surface area contributed by atoms with Crippen LogP contribution in [0, 0.1) is 33.6 Å². The monoisotopic (exact) mass is 446 g/mol. The van der Waals surface area contributed by atoms with Crippen molar-refractivity contribution >= 4 is 15.9 Å². The summed E-state index contributed by atoms with van der Waals surface area (Å²) in [5.41, 5.74) is 5.28. The predicted octanol–water partition coefficient (Wildman–Crippen LogP) is 4.11. The van der Waals surface area contributed by atoms with Crippen molar-refractivity contribution in [2.45, 2.75) is 59.4 Å². The number of carbonyl (C=O) groups is 1. The first-order chi connectivity index (χ1) is 14.4. The van der Waals surface area contributed by atoms with Crippen molar-refractivity contribution in [1.29, 1.82) is 0 Å². The molecule has 0 aliphatic heterocycles. The summed E-state index contributed by atoms with van der Waals surface area (Å²) in [5.74, 6) is 0.458. The molecule has 0 aliphatic carbocycles. The van der Waals surface area contributed by atoms with Crippen LogP contribution in [0.3, 0.4) is 0 Å². The number of rotatable bonds is 9. The Labute approximate surface area is 186 Å². The zero-order valence-electron chi connectivity index (χ0n) is 19.5. The van der Waals surface area contributed by atoms with Crippen LogP contribution < -0.4 is 14.8 Å². The standard InChI is InChI=1S/C24H34N2O4S/c1-15(2)13-25-31(28,29)21-8-9-23(19(6)11-21)30-14-24(27)26-20(7)22-12-17(4)16(3)10-18(22)5/h8-12,15,20,25H,13-14H2,1-7H3,(H,26,27)/t20-/m1/s1. The van der Waals surface area contributed by atoms with Gasteiger partial charge >= 0.3 is 0 Å². The summed E-state index contributed by atoms with van der Waals surface area (Å²) in [6.45, 7) is 14.0. The van der Waals surface area contributed by atoms with Gasteiger partial charge in [-0.3, -0.25) is 4.79 Å². The van der Waals surface area contributed by atoms with Crippen molar-refractivity contribution in [1.82, 2.24) is 10.0 Å². The Morgan fingerprint density at radius 3 is 2.19 bits per heavy atom. The van der Waals surface area contributed by atoms with E-state index in [1.165, 1.54) is 17.2 Å². The lowest BCUT2D eigenvalue weighted by atomic mass is 9.96. The number of nitrogens with one attached hydrogen (secondary N) is 2. The number of hydrogen-bond donors (Lipinski definition) is 2. The summed E-state index contributed by atoms with van der Waals surface area (Å²) in [6, 6.07) is 8.71. The van der Waals surface area contributed by atoms with Gasteiger partial charge in [0.05, 0.1) is 10.9 Å². The average Bonchev–Trinajstić information content (AvgIpc) is 2.68. The minimum absolute atomic E-state index is 0.143. The van der Waals surface area contributed by atoms with Crippen LogP contribution in [-0.2, 0) is 14.8 Å². The van der Waals surface area contributed by atoms with Gasteiger partial charge in [0.25, 0.3) is 5.91 Å². The Morgan fingerprint density at radius 1 is 0.935 bits per heavy atom. The third kappa shape index (κ3) is 6.80. The summed E-state index contributed by atoms with van der Waals surface area (Å²) in [5, 5.41) is 2.97. The predicted molar refractivity (Wildman–Crippen MR) is 124 cm³/mol.